The molecule has 5 heteroatoms. The van der Waals surface area contributed by atoms with E-state index in [4.69, 9.17) is 0 Å². The summed E-state index contributed by atoms with van der Waals surface area (Å²) in [4.78, 5) is 17.3. The molecule has 4 aromatic rings. The van der Waals surface area contributed by atoms with Gasteiger partial charge in [0.05, 0.1) is 0 Å². The lowest BCUT2D eigenvalue weighted by molar-refractivity contribution is 0.0956. The number of hydrogen-bond donors (Lipinski definition) is 1. The average molecular weight is 405 g/mol. The fourth-order valence-electron chi connectivity index (χ4n) is 3.02. The molecule has 0 saturated heterocycles. The van der Waals surface area contributed by atoms with Gasteiger partial charge in [-0.05, 0) is 42.0 Å². The Morgan fingerprint density at radius 2 is 1.70 bits per heavy atom. The maximum atomic E-state index is 13.0. The van der Waals surface area contributed by atoms with Crippen LogP contribution in [0.3, 0.4) is 0 Å². The third kappa shape index (κ3) is 4.98. The van der Waals surface area contributed by atoms with Crippen molar-refractivity contribution in [3.8, 4) is 11.1 Å². The number of aromatic nitrogens is 3. The summed E-state index contributed by atoms with van der Waals surface area (Å²) in [6, 6.07) is 15.8. The molecule has 0 atom stereocenters. The molecule has 5 nitrogen and oxygen atoms in total. The van der Waals surface area contributed by atoms with E-state index in [0.717, 1.165) is 22.2 Å². The molecule has 3 aromatic heterocycles. The normalized spacial score (nSPS) is 9.93. The molecule has 1 N–H and O–H groups in total. The lowest BCUT2D eigenvalue weighted by atomic mass is 10.1. The third-order valence-electron chi connectivity index (χ3n) is 4.40. The molecule has 158 valence electrons. The van der Waals surface area contributed by atoms with Crippen molar-refractivity contribution in [2.45, 2.75) is 34.1 Å². The van der Waals surface area contributed by atoms with Crippen LogP contribution in [0.1, 0.15) is 44.6 Å². The Bertz CT molecular complexity index is 1070. The van der Waals surface area contributed by atoms with Gasteiger partial charge in [0.2, 0.25) is 0 Å². The van der Waals surface area contributed by atoms with E-state index in [1.54, 1.807) is 17.0 Å². The Morgan fingerprint density at radius 3 is 2.33 bits per heavy atom. The van der Waals surface area contributed by atoms with Crippen LogP contribution in [-0.4, -0.2) is 27.1 Å². The number of carbonyl (C=O) groups is 1. The smallest absolute Gasteiger partial charge is 0.280 e. The zero-order valence-electron chi connectivity index (χ0n) is 18.8. The number of aryl methyl sites for hydroxylation is 1. The Morgan fingerprint density at radius 1 is 1.03 bits per heavy atom. The number of nitrogens with zero attached hydrogens (tertiary/aromatic N) is 3. The molecule has 1 aromatic carbocycles. The fourth-order valence-corrected chi connectivity index (χ4v) is 3.02. The van der Waals surface area contributed by atoms with Gasteiger partial charge in [-0.15, -0.1) is 0 Å². The van der Waals surface area contributed by atoms with Gasteiger partial charge >= 0.3 is 0 Å². The summed E-state index contributed by atoms with van der Waals surface area (Å²) in [5, 5.41) is 4.06. The second-order valence-corrected chi connectivity index (χ2v) is 6.67. The minimum Gasteiger partial charge on any atom is -0.388 e. The second kappa shape index (κ2) is 11.0. The predicted octanol–water partition coefficient (Wildman–Crippen LogP) is 6.21. The fraction of sp³-hybridized carbons (Fsp3) is 0.280. The Balaban J connectivity index is 0.000000590. The first-order valence-corrected chi connectivity index (χ1v) is 10.5. The highest BCUT2D eigenvalue weighted by atomic mass is 16.2. The van der Waals surface area contributed by atoms with Crippen LogP contribution in [0.25, 0.3) is 22.2 Å². The molecule has 3 heterocycles. The molecule has 0 aliphatic carbocycles. The van der Waals surface area contributed by atoms with E-state index < -0.39 is 0 Å². The van der Waals surface area contributed by atoms with Gasteiger partial charge in [-0.1, -0.05) is 46.2 Å². The number of rotatable bonds is 3. The van der Waals surface area contributed by atoms with Crippen molar-refractivity contribution in [2.75, 3.05) is 12.4 Å². The van der Waals surface area contributed by atoms with Crippen molar-refractivity contribution in [2.24, 2.45) is 7.05 Å². The SMILES string of the molecule is CC.CCC.CNc1ccc(-c2cc(C(=O)n3ccc4cccnc43)n(C)c2)cc1. The standard InChI is InChI=1S/C20H18N4O.C3H8.C2H6/c1-21-17-7-5-14(6-8-17)16-12-18(23(2)13-16)20(25)24-11-9-15-4-3-10-22-19(15)24;1-3-2;1-2/h3-13,21H,1-2H3;3H2,1-2H3;1-2H3. The van der Waals surface area contributed by atoms with Crippen molar-refractivity contribution >= 4 is 22.6 Å². The number of carbonyl (C=O) groups excluding carboxylic acids is 1. The van der Waals surface area contributed by atoms with E-state index in [1.165, 1.54) is 6.42 Å². The average Bonchev–Trinajstić information content (AvgIpc) is 3.39. The van der Waals surface area contributed by atoms with Crippen molar-refractivity contribution in [3.63, 3.8) is 0 Å². The summed E-state index contributed by atoms with van der Waals surface area (Å²) in [6.45, 7) is 8.25. The molecule has 0 fully saturated rings. The molecule has 0 spiro atoms. The predicted molar refractivity (Wildman–Crippen MR) is 127 cm³/mol. The number of nitrogens with one attached hydrogen (secondary N) is 1. The molecule has 0 aliphatic rings. The molecule has 4 rings (SSSR count). The minimum atomic E-state index is -0.0886. The summed E-state index contributed by atoms with van der Waals surface area (Å²) in [5.41, 5.74) is 4.44. The van der Waals surface area contributed by atoms with E-state index in [-0.39, 0.29) is 5.91 Å². The van der Waals surface area contributed by atoms with Gasteiger partial charge in [-0.25, -0.2) is 4.98 Å². The number of anilines is 1. The van der Waals surface area contributed by atoms with E-state index >= 15 is 0 Å². The van der Waals surface area contributed by atoms with Crippen LogP contribution in [-0.2, 0) is 7.05 Å². The maximum Gasteiger partial charge on any atom is 0.280 e. The zero-order valence-corrected chi connectivity index (χ0v) is 18.8. The number of pyridine rings is 1. The first-order valence-electron chi connectivity index (χ1n) is 10.5. The lowest BCUT2D eigenvalue weighted by Crippen LogP contribution is -2.14. The Kier molecular flexibility index (Phi) is 8.41. The molecule has 0 saturated carbocycles. The van der Waals surface area contributed by atoms with Gasteiger partial charge in [0.1, 0.15) is 11.3 Å². The zero-order chi connectivity index (χ0) is 22.1. The van der Waals surface area contributed by atoms with Gasteiger partial charge < -0.3 is 9.88 Å². The lowest BCUT2D eigenvalue weighted by Gasteiger charge is -2.04. The van der Waals surface area contributed by atoms with Gasteiger partial charge in [0.25, 0.3) is 5.91 Å². The molecule has 30 heavy (non-hydrogen) atoms. The first-order chi connectivity index (χ1) is 14.6. The van der Waals surface area contributed by atoms with Crippen molar-refractivity contribution in [1.82, 2.24) is 14.1 Å². The van der Waals surface area contributed by atoms with Crippen molar-refractivity contribution in [3.05, 3.63) is 72.8 Å². The molecule has 0 aliphatic heterocycles. The Labute approximate surface area is 179 Å². The van der Waals surface area contributed by atoms with E-state index in [2.05, 4.69) is 24.1 Å². The van der Waals surface area contributed by atoms with Gasteiger partial charge in [0, 0.05) is 49.3 Å². The largest absolute Gasteiger partial charge is 0.388 e. The summed E-state index contributed by atoms with van der Waals surface area (Å²) in [5.74, 6) is -0.0886. The summed E-state index contributed by atoms with van der Waals surface area (Å²) in [7, 11) is 3.78. The highest BCUT2D eigenvalue weighted by molar-refractivity contribution is 6.01. The highest BCUT2D eigenvalue weighted by Gasteiger charge is 2.17. The van der Waals surface area contributed by atoms with Crippen LogP contribution in [0.4, 0.5) is 5.69 Å². The quantitative estimate of drug-likeness (QED) is 0.441. The number of hydrogen-bond acceptors (Lipinski definition) is 3. The van der Waals surface area contributed by atoms with Crippen LogP contribution in [0.15, 0.2) is 67.1 Å². The van der Waals surface area contributed by atoms with Crippen LogP contribution < -0.4 is 5.32 Å². The Hall–Kier alpha value is -3.34. The molecular formula is C25H32N4O. The first kappa shape index (κ1) is 22.9. The highest BCUT2D eigenvalue weighted by Crippen LogP contribution is 2.24. The van der Waals surface area contributed by atoms with E-state index in [0.29, 0.717) is 11.3 Å². The number of benzene rings is 1. The second-order valence-electron chi connectivity index (χ2n) is 6.67. The minimum absolute atomic E-state index is 0.0886. The van der Waals surface area contributed by atoms with Crippen molar-refractivity contribution in [1.29, 1.82) is 0 Å². The van der Waals surface area contributed by atoms with Crippen LogP contribution in [0.5, 0.6) is 0 Å². The van der Waals surface area contributed by atoms with E-state index in [9.17, 15) is 4.79 Å². The number of fused-ring (bicyclic) bond motifs is 1. The van der Waals surface area contributed by atoms with Gasteiger partial charge in [-0.3, -0.25) is 9.36 Å². The van der Waals surface area contributed by atoms with Crippen LogP contribution in [0.2, 0.25) is 0 Å². The van der Waals surface area contributed by atoms with Crippen molar-refractivity contribution < 1.29 is 4.79 Å². The van der Waals surface area contributed by atoms with Crippen LogP contribution >= 0.6 is 0 Å². The molecule has 0 amide bonds. The summed E-state index contributed by atoms with van der Waals surface area (Å²) in [6.07, 6.45) is 6.70. The molecule has 0 unspecified atom stereocenters. The molecule has 0 bridgehead atoms. The summed E-state index contributed by atoms with van der Waals surface area (Å²) >= 11 is 0. The summed E-state index contributed by atoms with van der Waals surface area (Å²) < 4.78 is 3.46. The van der Waals surface area contributed by atoms with Gasteiger partial charge in [0.15, 0.2) is 0 Å². The topological polar surface area (TPSA) is 51.9 Å². The molecular weight excluding hydrogens is 372 g/mol. The third-order valence-corrected chi connectivity index (χ3v) is 4.40. The van der Waals surface area contributed by atoms with E-state index in [1.807, 2.05) is 87.2 Å². The van der Waals surface area contributed by atoms with Gasteiger partial charge in [-0.2, -0.15) is 0 Å². The van der Waals surface area contributed by atoms with Crippen LogP contribution in [0, 0.1) is 0 Å². The maximum absolute atomic E-state index is 13.0. The molecule has 0 radical (unpaired) electrons. The monoisotopic (exact) mass is 404 g/mol.